The van der Waals surface area contributed by atoms with Gasteiger partial charge in [0.2, 0.25) is 0 Å². The largest absolute Gasteiger partial charge is 0.349 e. The molecular weight excluding hydrogens is 476 g/mol. The van der Waals surface area contributed by atoms with E-state index < -0.39 is 0 Å². The van der Waals surface area contributed by atoms with Gasteiger partial charge in [-0.25, -0.2) is 0 Å². The number of amides is 2. The fourth-order valence-electron chi connectivity index (χ4n) is 5.21. The van der Waals surface area contributed by atoms with Gasteiger partial charge in [-0.3, -0.25) is 9.59 Å². The Bertz CT molecular complexity index is 1310. The molecule has 2 amide bonds. The van der Waals surface area contributed by atoms with Crippen molar-refractivity contribution in [3.63, 3.8) is 0 Å². The zero-order valence-corrected chi connectivity index (χ0v) is 22.6. The lowest BCUT2D eigenvalue weighted by Crippen LogP contribution is -2.43. The van der Waals surface area contributed by atoms with Crippen molar-refractivity contribution in [1.82, 2.24) is 5.32 Å². The average molecular weight is 511 g/mol. The average Bonchev–Trinajstić information content (AvgIpc) is 2.90. The molecule has 4 nitrogen and oxygen atoms in total. The number of carbonyl (C=O) groups excluding carboxylic acids is 2. The van der Waals surface area contributed by atoms with E-state index in [2.05, 4.69) is 56.4 Å². The molecule has 5 rings (SSSR count). The van der Waals surface area contributed by atoms with Crippen molar-refractivity contribution in [3.05, 3.63) is 100.0 Å². The highest BCUT2D eigenvalue weighted by atomic mass is 32.2. The number of nitrogens with one attached hydrogen (secondary N) is 1. The Morgan fingerprint density at radius 1 is 1.00 bits per heavy atom. The Labute approximate surface area is 224 Å². The van der Waals surface area contributed by atoms with Gasteiger partial charge in [0.05, 0.1) is 17.1 Å². The molecule has 3 aromatic rings. The predicted octanol–water partition coefficient (Wildman–Crippen LogP) is 7.23. The molecule has 3 atom stereocenters. The molecule has 0 unspecified atom stereocenters. The molecule has 0 bridgehead atoms. The fraction of sp³-hybridized carbons (Fsp3) is 0.312. The lowest BCUT2D eigenvalue weighted by molar-refractivity contribution is -0.114. The number of nitrogens with zero attached hydrogens (tertiary/aromatic N) is 1. The first-order valence-corrected chi connectivity index (χ1v) is 14.0. The maximum Gasteiger partial charge on any atom is 0.265 e. The first kappa shape index (κ1) is 25.3. The van der Waals surface area contributed by atoms with Gasteiger partial charge in [-0.05, 0) is 66.6 Å². The summed E-state index contributed by atoms with van der Waals surface area (Å²) in [6.45, 7) is 7.10. The van der Waals surface area contributed by atoms with Crippen LogP contribution < -0.4 is 10.2 Å². The van der Waals surface area contributed by atoms with Crippen LogP contribution >= 0.6 is 11.8 Å². The molecular formula is C32H34N2O2S. The summed E-state index contributed by atoms with van der Waals surface area (Å²) < 4.78 is 0. The van der Waals surface area contributed by atoms with E-state index in [1.807, 2.05) is 53.4 Å². The second-order valence-electron chi connectivity index (χ2n) is 10.4. The summed E-state index contributed by atoms with van der Waals surface area (Å²) in [7, 11) is 0. The molecule has 1 aliphatic carbocycles. The van der Waals surface area contributed by atoms with Crippen LogP contribution in [0.2, 0.25) is 0 Å². The van der Waals surface area contributed by atoms with Crippen LogP contribution in [-0.2, 0) is 11.3 Å². The number of anilines is 1. The summed E-state index contributed by atoms with van der Waals surface area (Å²) in [5, 5.41) is 3.25. The van der Waals surface area contributed by atoms with Gasteiger partial charge < -0.3 is 10.2 Å². The molecule has 0 radical (unpaired) electrons. The Kier molecular flexibility index (Phi) is 7.52. The highest BCUT2D eigenvalue weighted by Crippen LogP contribution is 2.42. The van der Waals surface area contributed by atoms with Crippen LogP contribution in [0.3, 0.4) is 0 Å². The second-order valence-corrected chi connectivity index (χ2v) is 11.5. The van der Waals surface area contributed by atoms with Gasteiger partial charge in [0, 0.05) is 16.5 Å². The third-order valence-corrected chi connectivity index (χ3v) is 8.86. The predicted molar refractivity (Wildman–Crippen MR) is 153 cm³/mol. The quantitative estimate of drug-likeness (QED) is 0.368. The molecule has 1 N–H and O–H groups in total. The van der Waals surface area contributed by atoms with Gasteiger partial charge in [0.1, 0.15) is 0 Å². The van der Waals surface area contributed by atoms with Crippen molar-refractivity contribution in [2.45, 2.75) is 57.5 Å². The summed E-state index contributed by atoms with van der Waals surface area (Å²) in [6.07, 6.45) is 5.37. The monoisotopic (exact) mass is 510 g/mol. The molecule has 1 heterocycles. The number of hydrogen-bond acceptors (Lipinski definition) is 3. The van der Waals surface area contributed by atoms with E-state index in [0.29, 0.717) is 28.8 Å². The van der Waals surface area contributed by atoms with E-state index in [1.54, 1.807) is 0 Å². The van der Waals surface area contributed by atoms with E-state index >= 15 is 0 Å². The SMILES string of the molecule is Cc1ccc(CN2C(=O)/C(=C\c3ccc(C(=O)N[C@@H]4CCC[C@@H](C)[C@H]4C)cc3)Sc3ccccc32)cc1. The molecule has 3 aromatic carbocycles. The van der Waals surface area contributed by atoms with Crippen molar-refractivity contribution < 1.29 is 9.59 Å². The number of fused-ring (bicyclic) bond motifs is 1. The van der Waals surface area contributed by atoms with Gasteiger partial charge in [-0.2, -0.15) is 0 Å². The molecule has 1 saturated carbocycles. The molecule has 0 aromatic heterocycles. The minimum absolute atomic E-state index is 0.00787. The maximum absolute atomic E-state index is 13.6. The molecule has 190 valence electrons. The van der Waals surface area contributed by atoms with E-state index in [-0.39, 0.29) is 17.9 Å². The van der Waals surface area contributed by atoms with Gasteiger partial charge in [0.15, 0.2) is 0 Å². The third-order valence-electron chi connectivity index (χ3n) is 7.79. The summed E-state index contributed by atoms with van der Waals surface area (Å²) in [5.41, 5.74) is 4.79. The zero-order chi connectivity index (χ0) is 25.9. The second kappa shape index (κ2) is 11.0. The molecule has 5 heteroatoms. The minimum atomic E-state index is -0.0218. The molecule has 0 saturated heterocycles. The first-order valence-electron chi connectivity index (χ1n) is 13.2. The number of para-hydroxylation sites is 1. The molecule has 2 aliphatic rings. The van der Waals surface area contributed by atoms with Crippen molar-refractivity contribution in [2.75, 3.05) is 4.90 Å². The summed E-state index contributed by atoms with van der Waals surface area (Å²) in [6, 6.07) is 24.1. The first-order chi connectivity index (χ1) is 17.9. The normalized spacial score (nSPS) is 22.6. The van der Waals surface area contributed by atoms with Crippen LogP contribution in [0.5, 0.6) is 0 Å². The number of hydrogen-bond donors (Lipinski definition) is 1. The Morgan fingerprint density at radius 3 is 2.49 bits per heavy atom. The van der Waals surface area contributed by atoms with Gasteiger partial charge in [-0.1, -0.05) is 92.5 Å². The van der Waals surface area contributed by atoms with E-state index in [9.17, 15) is 9.59 Å². The van der Waals surface area contributed by atoms with E-state index in [4.69, 9.17) is 0 Å². The Hall–Kier alpha value is -3.31. The van der Waals surface area contributed by atoms with Crippen LogP contribution in [0, 0.1) is 18.8 Å². The van der Waals surface area contributed by atoms with Crippen molar-refractivity contribution in [1.29, 1.82) is 0 Å². The van der Waals surface area contributed by atoms with Gasteiger partial charge in [-0.15, -0.1) is 0 Å². The Morgan fingerprint density at radius 2 is 1.73 bits per heavy atom. The third kappa shape index (κ3) is 5.67. The summed E-state index contributed by atoms with van der Waals surface area (Å²) >= 11 is 1.50. The van der Waals surface area contributed by atoms with Crippen LogP contribution in [-0.4, -0.2) is 17.9 Å². The standard InChI is InChI=1S/C32H34N2O2S/c1-21-11-13-25(14-12-21)20-34-28-9-4-5-10-29(28)37-30(32(34)36)19-24-15-17-26(18-16-24)31(35)33-27-8-6-7-22(2)23(27)3/h4-5,9-19,22-23,27H,6-8,20H2,1-3H3,(H,33,35)/b30-19+/t22-,23-,27-/m1/s1. The molecule has 37 heavy (non-hydrogen) atoms. The van der Waals surface area contributed by atoms with Crippen molar-refractivity contribution in [2.24, 2.45) is 11.8 Å². The minimum Gasteiger partial charge on any atom is -0.349 e. The number of thioether (sulfide) groups is 1. The lowest BCUT2D eigenvalue weighted by Gasteiger charge is -2.34. The Balaban J connectivity index is 1.34. The molecule has 0 spiro atoms. The van der Waals surface area contributed by atoms with E-state index in [0.717, 1.165) is 28.1 Å². The topological polar surface area (TPSA) is 49.4 Å². The van der Waals surface area contributed by atoms with E-state index in [1.165, 1.54) is 30.2 Å². The van der Waals surface area contributed by atoms with Crippen molar-refractivity contribution in [3.8, 4) is 0 Å². The maximum atomic E-state index is 13.6. The highest BCUT2D eigenvalue weighted by Gasteiger charge is 2.30. The van der Waals surface area contributed by atoms with Crippen LogP contribution in [0.25, 0.3) is 6.08 Å². The van der Waals surface area contributed by atoms with Gasteiger partial charge >= 0.3 is 0 Å². The zero-order valence-electron chi connectivity index (χ0n) is 21.7. The van der Waals surface area contributed by atoms with Crippen molar-refractivity contribution >= 4 is 35.3 Å². The highest BCUT2D eigenvalue weighted by molar-refractivity contribution is 8.04. The number of rotatable bonds is 5. The van der Waals surface area contributed by atoms with Crippen LogP contribution in [0.4, 0.5) is 5.69 Å². The smallest absolute Gasteiger partial charge is 0.265 e. The van der Waals surface area contributed by atoms with Crippen LogP contribution in [0.15, 0.2) is 82.6 Å². The van der Waals surface area contributed by atoms with Crippen LogP contribution in [0.1, 0.15) is 60.2 Å². The van der Waals surface area contributed by atoms with Gasteiger partial charge in [0.25, 0.3) is 11.8 Å². The molecule has 1 fully saturated rings. The number of aryl methyl sites for hydroxylation is 1. The number of benzene rings is 3. The summed E-state index contributed by atoms with van der Waals surface area (Å²) in [4.78, 5) is 30.1. The fourth-order valence-corrected chi connectivity index (χ4v) is 6.27. The number of carbonyl (C=O) groups is 2. The lowest BCUT2D eigenvalue weighted by atomic mass is 9.78. The molecule has 1 aliphatic heterocycles. The summed E-state index contributed by atoms with van der Waals surface area (Å²) in [5.74, 6) is 1.09.